The number of aliphatic hydroxyl groups is 4. The van der Waals surface area contributed by atoms with Gasteiger partial charge in [0, 0.05) is 35.9 Å². The molecule has 0 saturated carbocycles. The van der Waals surface area contributed by atoms with Crippen LogP contribution in [0.4, 0.5) is 27.7 Å². The molecule has 0 amide bonds. The summed E-state index contributed by atoms with van der Waals surface area (Å²) < 4.78 is 21.5. The number of aryl methyl sites for hydroxylation is 10. The van der Waals surface area contributed by atoms with E-state index in [2.05, 4.69) is 211 Å². The van der Waals surface area contributed by atoms with Crippen molar-refractivity contribution in [2.75, 3.05) is 21.3 Å². The Labute approximate surface area is 731 Å². The molecular weight excluding hydrogens is 1580 g/mol. The van der Waals surface area contributed by atoms with E-state index in [1.54, 1.807) is 43.5 Å². The minimum Gasteiger partial charge on any atom is -0.390 e. The zero-order chi connectivity index (χ0) is 88.8. The number of nitrogens with zero attached hydrogens (tertiary/aromatic N) is 20. The van der Waals surface area contributed by atoms with Crippen LogP contribution < -0.4 is 21.3 Å². The number of anilines is 4. The number of aromatic nitrogens is 20. The number of rotatable bonds is 24. The molecule has 4 atom stereocenters. The Balaban J connectivity index is 0.000000136. The summed E-state index contributed by atoms with van der Waals surface area (Å²) in [7, 11) is 0. The van der Waals surface area contributed by atoms with Gasteiger partial charge in [-0.15, -0.1) is 40.8 Å². The SMILES string of the molecule is Cc1ccc([C@H](C)Nc2nnc(-c3ccc(-n4cnc(C)c4)c(CO)n3)c3c2CCC3)cc1.Cc1ccc([C@H](C)Nc2nnc(-c3ccc(-n4cnc(C)c4)c(CO)n3)cc2C)cc1.Cc1cccc([C@H](C)Nc2nnc(-c3ccc(-n4cnc(C)c4)c(CO)n3)cc2C)c1.Cc1cn(-c2ccc(-c3cc(C)c(N[C@@H](C)c4ccccc4F)nn3)nc2CO)cn1. The van der Waals surface area contributed by atoms with Crippen molar-refractivity contribution in [2.45, 2.75) is 167 Å². The van der Waals surface area contributed by atoms with Crippen LogP contribution in [0.2, 0.25) is 0 Å². The molecule has 126 heavy (non-hydrogen) atoms. The van der Waals surface area contributed by atoms with E-state index in [9.17, 15) is 24.8 Å². The average molecular weight is 1690 g/mol. The Morgan fingerprint density at radius 2 is 0.675 bits per heavy atom. The van der Waals surface area contributed by atoms with E-state index in [-0.39, 0.29) is 56.4 Å². The van der Waals surface area contributed by atoms with E-state index in [0.29, 0.717) is 68.3 Å². The molecule has 0 saturated heterocycles. The van der Waals surface area contributed by atoms with Gasteiger partial charge in [-0.3, -0.25) is 0 Å². The molecule has 4 aromatic carbocycles. The first-order chi connectivity index (χ1) is 60.9. The van der Waals surface area contributed by atoms with Crippen molar-refractivity contribution in [3.8, 4) is 68.3 Å². The monoisotopic (exact) mass is 1690 g/mol. The third-order valence-corrected chi connectivity index (χ3v) is 21.9. The smallest absolute Gasteiger partial charge is 0.152 e. The van der Waals surface area contributed by atoms with Gasteiger partial charge in [0.05, 0.1) is 167 Å². The zero-order valence-electron chi connectivity index (χ0n) is 73.1. The standard InChI is InChI=1S/C26H28N6O.2C24H26N6O.C23H23FN6O/c1-16-7-9-19(10-8-16)18(3)28-26-21-6-4-5-20(21)25(30-31-26)22-11-12-24(23(14-33)29-22)32-13-17(2)27-15-32;1-15-5-7-19(8-6-15)18(4)26-24-16(2)11-21(28-29-24)20-9-10-23(22(13-31)27-20)30-12-17(3)25-14-30;1-15-6-5-7-19(10-15)18(4)26-24-16(2)11-21(28-29-24)20-8-9-23(22(13-31)27-20)30-12-17(3)25-14-30;1-14-10-20(28-29-23(14)26-16(3)17-6-4-5-7-18(17)24)19-8-9-22(21(12-31)27-19)30-11-15(2)25-13-30/h7-13,15,18,33H,4-6,14H2,1-3H3,(H,28,31);2*5-12,14,18,31H,13H2,1-4H3,(H,26,29);4-11,13,16,31H,12H2,1-3H3,(H,26,29)/t3*18-;16-/m0000/s1. The van der Waals surface area contributed by atoms with Gasteiger partial charge in [0.1, 0.15) is 28.6 Å². The van der Waals surface area contributed by atoms with Crippen LogP contribution in [-0.4, -0.2) is 119 Å². The lowest BCUT2D eigenvalue weighted by molar-refractivity contribution is 0.276. The summed E-state index contributed by atoms with van der Waals surface area (Å²) in [5, 5.41) is 88.4. The number of halogens is 1. The van der Waals surface area contributed by atoms with Crippen molar-refractivity contribution in [3.63, 3.8) is 0 Å². The first kappa shape index (κ1) is 87.9. The lowest BCUT2D eigenvalue weighted by atomic mass is 10.0. The first-order valence-electron chi connectivity index (χ1n) is 41.8. The number of fused-ring (bicyclic) bond motifs is 1. The Morgan fingerprint density at radius 1 is 0.325 bits per heavy atom. The molecule has 0 bridgehead atoms. The highest BCUT2D eigenvalue weighted by molar-refractivity contribution is 5.68. The normalized spacial score (nSPS) is 12.5. The molecule has 12 heterocycles. The zero-order valence-corrected chi connectivity index (χ0v) is 73.1. The molecule has 12 aromatic heterocycles. The molecule has 8 N–H and O–H groups in total. The highest BCUT2D eigenvalue weighted by Gasteiger charge is 2.26. The van der Waals surface area contributed by atoms with Gasteiger partial charge >= 0.3 is 0 Å². The lowest BCUT2D eigenvalue weighted by Gasteiger charge is -2.18. The summed E-state index contributed by atoms with van der Waals surface area (Å²) in [4.78, 5) is 35.5. The van der Waals surface area contributed by atoms with Crippen LogP contribution in [-0.2, 0) is 39.3 Å². The minimum absolute atomic E-state index is 0.107. The quantitative estimate of drug-likeness (QED) is 0.0278. The summed E-state index contributed by atoms with van der Waals surface area (Å²) >= 11 is 0. The maximum atomic E-state index is 14.0. The van der Waals surface area contributed by atoms with Gasteiger partial charge in [0.25, 0.3) is 0 Å². The molecule has 0 radical (unpaired) electrons. The van der Waals surface area contributed by atoms with E-state index in [1.165, 1.54) is 50.6 Å². The third-order valence-electron chi connectivity index (χ3n) is 21.9. The van der Waals surface area contributed by atoms with E-state index in [1.807, 2.05) is 165 Å². The molecule has 0 spiro atoms. The van der Waals surface area contributed by atoms with Crippen LogP contribution >= 0.6 is 0 Å². The predicted molar refractivity (Wildman–Crippen MR) is 487 cm³/mol. The van der Waals surface area contributed by atoms with Gasteiger partial charge in [-0.2, -0.15) is 0 Å². The molecule has 1 aliphatic rings. The Hall–Kier alpha value is -14.4. The molecule has 0 unspecified atom stereocenters. The predicted octanol–water partition coefficient (Wildman–Crippen LogP) is 17.3. The van der Waals surface area contributed by atoms with Crippen LogP contribution in [0.25, 0.3) is 68.3 Å². The summed E-state index contributed by atoms with van der Waals surface area (Å²) in [5.74, 6) is 2.65. The van der Waals surface area contributed by atoms with Crippen LogP contribution in [0, 0.1) is 75.1 Å². The number of nitrogens with one attached hydrogen (secondary N) is 4. The summed E-state index contributed by atoms with van der Waals surface area (Å²) in [6, 6.07) is 53.2. The van der Waals surface area contributed by atoms with Gasteiger partial charge in [-0.25, -0.2) is 44.3 Å². The highest BCUT2D eigenvalue weighted by atomic mass is 19.1. The molecule has 0 aliphatic heterocycles. The number of pyridine rings is 4. The Morgan fingerprint density at radius 3 is 1.04 bits per heavy atom. The van der Waals surface area contributed by atoms with E-state index < -0.39 is 0 Å². The van der Waals surface area contributed by atoms with Gasteiger partial charge < -0.3 is 60.0 Å². The van der Waals surface area contributed by atoms with Gasteiger partial charge in [0.2, 0.25) is 0 Å². The number of imidazole rings is 4. The van der Waals surface area contributed by atoms with Crippen molar-refractivity contribution in [1.29, 1.82) is 0 Å². The van der Waals surface area contributed by atoms with Crippen molar-refractivity contribution >= 4 is 23.3 Å². The Bertz CT molecular complexity index is 6480. The lowest BCUT2D eigenvalue weighted by Crippen LogP contribution is -2.12. The van der Waals surface area contributed by atoms with E-state index >= 15 is 0 Å². The maximum absolute atomic E-state index is 14.0. The van der Waals surface area contributed by atoms with Gasteiger partial charge in [-0.1, -0.05) is 108 Å². The van der Waals surface area contributed by atoms with Gasteiger partial charge in [-0.05, 0) is 228 Å². The molecule has 0 fully saturated rings. The van der Waals surface area contributed by atoms with Crippen molar-refractivity contribution < 1.29 is 24.8 Å². The number of aliphatic hydroxyl groups excluding tert-OH is 4. The second kappa shape index (κ2) is 39.9. The van der Waals surface area contributed by atoms with Gasteiger partial charge in [0.15, 0.2) is 23.3 Å². The Kier molecular flexibility index (Phi) is 27.8. The van der Waals surface area contributed by atoms with Crippen LogP contribution in [0.1, 0.15) is 171 Å². The van der Waals surface area contributed by atoms with E-state index in [0.717, 1.165) is 110 Å². The maximum Gasteiger partial charge on any atom is 0.152 e. The second-order valence-electron chi connectivity index (χ2n) is 31.7. The molecule has 642 valence electrons. The molecule has 1 aliphatic carbocycles. The number of benzene rings is 4. The fourth-order valence-electron chi connectivity index (χ4n) is 14.8. The van der Waals surface area contributed by atoms with Crippen LogP contribution in [0.5, 0.6) is 0 Å². The summed E-state index contributed by atoms with van der Waals surface area (Å²) in [6.07, 6.45) is 17.4. The highest BCUT2D eigenvalue weighted by Crippen LogP contribution is 2.37. The average Bonchev–Trinajstić information content (AvgIpc) is 1.54. The fraction of sp³-hybridized carbons (Fsp3) is 0.258. The minimum atomic E-state index is -0.267. The van der Waals surface area contributed by atoms with Crippen LogP contribution in [0.3, 0.4) is 0 Å². The van der Waals surface area contributed by atoms with Crippen LogP contribution in [0.15, 0.2) is 214 Å². The molecule has 28 nitrogen and oxygen atoms in total. The molecular formula is C97H103FN24O4. The largest absolute Gasteiger partial charge is 0.390 e. The third kappa shape index (κ3) is 20.9. The number of hydrogen-bond acceptors (Lipinski definition) is 24. The van der Waals surface area contributed by atoms with Crippen molar-refractivity contribution in [2.24, 2.45) is 0 Å². The first-order valence-corrected chi connectivity index (χ1v) is 41.8. The summed E-state index contributed by atoms with van der Waals surface area (Å²) in [5.41, 5.74) is 27.5. The topological polar surface area (TPSA) is 355 Å². The van der Waals surface area contributed by atoms with Crippen molar-refractivity contribution in [3.05, 3.63) is 332 Å². The van der Waals surface area contributed by atoms with E-state index in [4.69, 9.17) is 4.98 Å². The summed E-state index contributed by atoms with van der Waals surface area (Å²) in [6.45, 7) is 27.3. The number of hydrogen-bond donors (Lipinski definition) is 8. The van der Waals surface area contributed by atoms with Crippen molar-refractivity contribution in [1.82, 2.24) is 98.9 Å². The second-order valence-corrected chi connectivity index (χ2v) is 31.7. The molecule has 17 rings (SSSR count). The molecule has 29 heteroatoms. The fourth-order valence-corrected chi connectivity index (χ4v) is 14.8. The molecule has 16 aromatic rings.